The summed E-state index contributed by atoms with van der Waals surface area (Å²) in [6.45, 7) is 2.08. The molecule has 4 N–H and O–H groups in total. The summed E-state index contributed by atoms with van der Waals surface area (Å²) in [5.41, 5.74) is 5.38. The first kappa shape index (κ1) is 14.6. The smallest absolute Gasteiger partial charge is 0.292 e. The number of aliphatic hydroxyl groups is 1. The van der Waals surface area contributed by atoms with Gasteiger partial charge in [-0.15, -0.1) is 0 Å². The van der Waals surface area contributed by atoms with Crippen molar-refractivity contribution in [2.75, 3.05) is 29.6 Å². The van der Waals surface area contributed by atoms with Gasteiger partial charge in [0.15, 0.2) is 0 Å². The molecular formula is C11H17N3O3S. The monoisotopic (exact) mass is 271 g/mol. The zero-order chi connectivity index (χ0) is 13.8. The van der Waals surface area contributed by atoms with Gasteiger partial charge in [0.1, 0.15) is 5.69 Å². The van der Waals surface area contributed by atoms with Crippen LogP contribution >= 0.6 is 11.8 Å². The second kappa shape index (κ2) is 5.92. The molecule has 0 spiro atoms. The number of anilines is 2. The Morgan fingerprint density at radius 3 is 2.78 bits per heavy atom. The largest absolute Gasteiger partial charge is 0.393 e. The molecule has 7 heteroatoms. The van der Waals surface area contributed by atoms with Crippen molar-refractivity contribution < 1.29 is 10.0 Å². The molecule has 1 atom stereocenters. The van der Waals surface area contributed by atoms with Crippen molar-refractivity contribution in [3.8, 4) is 0 Å². The van der Waals surface area contributed by atoms with Gasteiger partial charge in [0.2, 0.25) is 0 Å². The van der Waals surface area contributed by atoms with Crippen LogP contribution in [0.25, 0.3) is 0 Å². The number of benzene rings is 1. The van der Waals surface area contributed by atoms with Gasteiger partial charge >= 0.3 is 0 Å². The molecule has 0 bridgehead atoms. The summed E-state index contributed by atoms with van der Waals surface area (Å²) in [6, 6.07) is 4.41. The highest BCUT2D eigenvalue weighted by Gasteiger charge is 2.19. The van der Waals surface area contributed by atoms with Gasteiger partial charge in [-0.2, -0.15) is 11.8 Å². The summed E-state index contributed by atoms with van der Waals surface area (Å²) in [5.74, 6) is 0.600. The van der Waals surface area contributed by atoms with Crippen LogP contribution in [-0.4, -0.2) is 34.2 Å². The molecule has 0 aliphatic rings. The van der Waals surface area contributed by atoms with Crippen LogP contribution in [0.2, 0.25) is 0 Å². The van der Waals surface area contributed by atoms with Crippen LogP contribution in [0.15, 0.2) is 18.2 Å². The molecule has 1 rings (SSSR count). The number of nitrogens with two attached hydrogens (primary N) is 1. The lowest BCUT2D eigenvalue weighted by Gasteiger charge is -2.23. The Hall–Kier alpha value is -1.47. The molecule has 6 nitrogen and oxygen atoms in total. The van der Waals surface area contributed by atoms with Gasteiger partial charge in [0, 0.05) is 24.1 Å². The molecule has 0 amide bonds. The Balaban J connectivity index is 2.70. The first-order valence-corrected chi connectivity index (χ1v) is 6.74. The Labute approximate surface area is 110 Å². The summed E-state index contributed by atoms with van der Waals surface area (Å²) in [6.07, 6.45) is 1.92. The minimum atomic E-state index is -0.837. The third-order valence-electron chi connectivity index (χ3n) is 2.35. The van der Waals surface area contributed by atoms with Crippen LogP contribution in [0.1, 0.15) is 6.92 Å². The maximum absolute atomic E-state index is 10.6. The highest BCUT2D eigenvalue weighted by Crippen LogP contribution is 2.25. The molecule has 0 aliphatic heterocycles. The Kier molecular flexibility index (Phi) is 4.80. The fourth-order valence-corrected chi connectivity index (χ4v) is 2.21. The average molecular weight is 271 g/mol. The molecule has 0 heterocycles. The maximum Gasteiger partial charge on any atom is 0.292 e. The van der Waals surface area contributed by atoms with E-state index in [-0.39, 0.29) is 11.4 Å². The van der Waals surface area contributed by atoms with Crippen molar-refractivity contribution >= 4 is 28.8 Å². The lowest BCUT2D eigenvalue weighted by Crippen LogP contribution is -2.36. The summed E-state index contributed by atoms with van der Waals surface area (Å²) in [4.78, 5) is 10.1. The van der Waals surface area contributed by atoms with E-state index in [9.17, 15) is 15.2 Å². The number of nitrogens with zero attached hydrogens (tertiary/aromatic N) is 1. The predicted octanol–water partition coefficient (Wildman–Crippen LogP) is 1.70. The second-order valence-electron chi connectivity index (χ2n) is 4.31. The highest BCUT2D eigenvalue weighted by atomic mass is 32.2. The molecule has 1 unspecified atom stereocenters. The van der Waals surface area contributed by atoms with Gasteiger partial charge in [-0.3, -0.25) is 10.1 Å². The number of nitro groups is 1. The summed E-state index contributed by atoms with van der Waals surface area (Å²) in [5, 5.41) is 23.6. The highest BCUT2D eigenvalue weighted by molar-refractivity contribution is 7.98. The van der Waals surface area contributed by atoms with Gasteiger partial charge < -0.3 is 16.2 Å². The average Bonchev–Trinajstić information content (AvgIpc) is 2.26. The van der Waals surface area contributed by atoms with Gasteiger partial charge in [-0.05, 0) is 25.3 Å². The van der Waals surface area contributed by atoms with Crippen molar-refractivity contribution in [3.05, 3.63) is 28.3 Å². The minimum absolute atomic E-state index is 0.106. The van der Waals surface area contributed by atoms with E-state index in [0.29, 0.717) is 18.0 Å². The van der Waals surface area contributed by atoms with Crippen LogP contribution in [0.3, 0.4) is 0 Å². The number of rotatable bonds is 6. The quantitative estimate of drug-likeness (QED) is 0.413. The number of nitrogen functional groups attached to an aromatic ring is 1. The molecule has 0 aromatic heterocycles. The lowest BCUT2D eigenvalue weighted by atomic mass is 10.1. The van der Waals surface area contributed by atoms with Crippen molar-refractivity contribution in [2.45, 2.75) is 12.5 Å². The molecular weight excluding hydrogens is 254 g/mol. The first-order chi connectivity index (χ1) is 8.35. The van der Waals surface area contributed by atoms with Crippen molar-refractivity contribution in [2.24, 2.45) is 0 Å². The van der Waals surface area contributed by atoms with E-state index in [0.717, 1.165) is 0 Å². The predicted molar refractivity (Wildman–Crippen MR) is 75.0 cm³/mol. The van der Waals surface area contributed by atoms with Gasteiger partial charge in [-0.1, -0.05) is 0 Å². The normalized spacial score (nSPS) is 13.9. The van der Waals surface area contributed by atoms with Crippen LogP contribution in [0.5, 0.6) is 0 Å². The standard InChI is InChI=1S/C11H17N3O3S/c1-11(15,7-18-2)6-13-8-3-4-10(14(16)17)9(12)5-8/h3-5,13,15H,6-7,12H2,1-2H3. The van der Waals surface area contributed by atoms with Crippen molar-refractivity contribution in [3.63, 3.8) is 0 Å². The molecule has 0 aliphatic carbocycles. The maximum atomic E-state index is 10.6. The van der Waals surface area contributed by atoms with E-state index in [1.54, 1.807) is 24.8 Å². The summed E-state index contributed by atoms with van der Waals surface area (Å²) in [7, 11) is 0. The molecule has 18 heavy (non-hydrogen) atoms. The molecule has 0 saturated heterocycles. The van der Waals surface area contributed by atoms with Gasteiger partial charge in [-0.25, -0.2) is 0 Å². The topological polar surface area (TPSA) is 101 Å². The number of nitrogens with one attached hydrogen (secondary N) is 1. The van der Waals surface area contributed by atoms with Crippen LogP contribution in [-0.2, 0) is 0 Å². The molecule has 100 valence electrons. The number of hydrogen-bond acceptors (Lipinski definition) is 6. The molecule has 0 saturated carbocycles. The van der Waals surface area contributed by atoms with E-state index in [1.807, 2.05) is 6.26 Å². The summed E-state index contributed by atoms with van der Waals surface area (Å²) < 4.78 is 0. The lowest BCUT2D eigenvalue weighted by molar-refractivity contribution is -0.383. The third kappa shape index (κ3) is 4.08. The van der Waals surface area contributed by atoms with E-state index in [2.05, 4.69) is 5.32 Å². The SMILES string of the molecule is CSCC(C)(O)CNc1ccc([N+](=O)[O-])c(N)c1. The van der Waals surface area contributed by atoms with E-state index < -0.39 is 10.5 Å². The van der Waals surface area contributed by atoms with Crippen molar-refractivity contribution in [1.29, 1.82) is 0 Å². The zero-order valence-corrected chi connectivity index (χ0v) is 11.2. The van der Waals surface area contributed by atoms with Crippen LogP contribution in [0.4, 0.5) is 17.1 Å². The number of thioether (sulfide) groups is 1. The van der Waals surface area contributed by atoms with E-state index >= 15 is 0 Å². The Morgan fingerprint density at radius 2 is 2.28 bits per heavy atom. The van der Waals surface area contributed by atoms with Crippen molar-refractivity contribution in [1.82, 2.24) is 0 Å². The number of hydrogen-bond donors (Lipinski definition) is 3. The Morgan fingerprint density at radius 1 is 1.61 bits per heavy atom. The van der Waals surface area contributed by atoms with Gasteiger partial charge in [0.05, 0.1) is 10.5 Å². The van der Waals surface area contributed by atoms with E-state index in [1.165, 1.54) is 12.1 Å². The number of nitro benzene ring substituents is 1. The first-order valence-electron chi connectivity index (χ1n) is 5.35. The van der Waals surface area contributed by atoms with E-state index in [4.69, 9.17) is 5.73 Å². The van der Waals surface area contributed by atoms with Crippen LogP contribution in [0, 0.1) is 10.1 Å². The molecule has 1 aromatic rings. The molecule has 0 radical (unpaired) electrons. The Bertz CT molecular complexity index is 438. The second-order valence-corrected chi connectivity index (χ2v) is 5.18. The van der Waals surface area contributed by atoms with Crippen LogP contribution < -0.4 is 11.1 Å². The third-order valence-corrected chi connectivity index (χ3v) is 3.26. The molecule has 0 fully saturated rings. The fourth-order valence-electron chi connectivity index (χ4n) is 1.49. The molecule has 1 aromatic carbocycles. The van der Waals surface area contributed by atoms with Gasteiger partial charge in [0.25, 0.3) is 5.69 Å². The zero-order valence-electron chi connectivity index (χ0n) is 10.3. The summed E-state index contributed by atoms with van der Waals surface area (Å²) >= 11 is 1.55. The minimum Gasteiger partial charge on any atom is -0.393 e. The fraction of sp³-hybridized carbons (Fsp3) is 0.455.